The van der Waals surface area contributed by atoms with Crippen LogP contribution in [-0.4, -0.2) is 75.9 Å². The largest absolute Gasteiger partial charge is 0.396 e. The van der Waals surface area contributed by atoms with Crippen LogP contribution in [0.25, 0.3) is 0 Å². The molecule has 7 heteroatoms. The van der Waals surface area contributed by atoms with Crippen molar-refractivity contribution < 1.29 is 30.3 Å². The van der Waals surface area contributed by atoms with Crippen molar-refractivity contribution in [1.29, 1.82) is 0 Å². The standard InChI is InChI=1S/C11H25NO6/c1-7(2)12-4-6-18-11(17)10(16)9(15)8(14)3-5-13/h7-17H,3-6H2,1-2H3/t8-,9?,10?,11+/m1/s1. The van der Waals surface area contributed by atoms with E-state index in [2.05, 4.69) is 5.32 Å². The molecule has 0 radical (unpaired) electrons. The molecule has 0 bridgehead atoms. The normalized spacial score (nSPS) is 18.7. The van der Waals surface area contributed by atoms with Crippen LogP contribution in [0.1, 0.15) is 20.3 Å². The van der Waals surface area contributed by atoms with Gasteiger partial charge in [-0.1, -0.05) is 13.8 Å². The molecular weight excluding hydrogens is 242 g/mol. The van der Waals surface area contributed by atoms with Gasteiger partial charge in [-0.2, -0.15) is 0 Å². The Kier molecular flexibility index (Phi) is 9.47. The van der Waals surface area contributed by atoms with Crippen molar-refractivity contribution in [2.45, 2.75) is 50.9 Å². The summed E-state index contributed by atoms with van der Waals surface area (Å²) in [6.45, 7) is 4.26. The number of aliphatic hydroxyl groups excluding tert-OH is 5. The summed E-state index contributed by atoms with van der Waals surface area (Å²) in [6.07, 6.45) is -6.16. The lowest BCUT2D eigenvalue weighted by Crippen LogP contribution is -2.46. The van der Waals surface area contributed by atoms with Gasteiger partial charge in [0.1, 0.15) is 12.2 Å². The van der Waals surface area contributed by atoms with E-state index in [0.717, 1.165) is 0 Å². The number of aliphatic hydroxyl groups is 5. The van der Waals surface area contributed by atoms with Crippen LogP contribution in [0.5, 0.6) is 0 Å². The van der Waals surface area contributed by atoms with Gasteiger partial charge in [-0.25, -0.2) is 0 Å². The Morgan fingerprint density at radius 3 is 2.17 bits per heavy atom. The van der Waals surface area contributed by atoms with Gasteiger partial charge < -0.3 is 35.6 Å². The van der Waals surface area contributed by atoms with E-state index < -0.39 is 24.6 Å². The van der Waals surface area contributed by atoms with E-state index in [-0.39, 0.29) is 25.7 Å². The summed E-state index contributed by atoms with van der Waals surface area (Å²) in [4.78, 5) is 0. The van der Waals surface area contributed by atoms with E-state index in [1.54, 1.807) is 0 Å². The minimum absolute atomic E-state index is 0.0835. The summed E-state index contributed by atoms with van der Waals surface area (Å²) in [6, 6.07) is 0.285. The molecule has 4 atom stereocenters. The maximum Gasteiger partial charge on any atom is 0.183 e. The summed E-state index contributed by atoms with van der Waals surface area (Å²) < 4.78 is 4.91. The van der Waals surface area contributed by atoms with E-state index >= 15 is 0 Å². The summed E-state index contributed by atoms with van der Waals surface area (Å²) in [5, 5.41) is 49.4. The first-order chi connectivity index (χ1) is 8.40. The number of nitrogens with one attached hydrogen (secondary N) is 1. The Morgan fingerprint density at radius 1 is 1.06 bits per heavy atom. The first-order valence-electron chi connectivity index (χ1n) is 6.08. The molecule has 0 aromatic heterocycles. The SMILES string of the molecule is CC(C)NCCO[C@H](O)C(O)C(O)[C@H](O)CCO. The van der Waals surface area contributed by atoms with E-state index in [0.29, 0.717) is 6.54 Å². The first kappa shape index (κ1) is 17.7. The second-order valence-electron chi connectivity index (χ2n) is 4.43. The van der Waals surface area contributed by atoms with E-state index in [4.69, 9.17) is 9.84 Å². The molecule has 0 spiro atoms. The van der Waals surface area contributed by atoms with Crippen molar-refractivity contribution in [1.82, 2.24) is 5.32 Å². The van der Waals surface area contributed by atoms with Crippen molar-refractivity contribution in [2.24, 2.45) is 0 Å². The van der Waals surface area contributed by atoms with Gasteiger partial charge in [-0.15, -0.1) is 0 Å². The molecule has 0 aliphatic carbocycles. The fourth-order valence-corrected chi connectivity index (χ4v) is 1.33. The molecule has 6 N–H and O–H groups in total. The number of ether oxygens (including phenoxy) is 1. The third-order valence-corrected chi connectivity index (χ3v) is 2.40. The average molecular weight is 267 g/mol. The zero-order valence-electron chi connectivity index (χ0n) is 10.9. The summed E-state index contributed by atoms with van der Waals surface area (Å²) in [7, 11) is 0. The minimum atomic E-state index is -1.62. The van der Waals surface area contributed by atoms with Crippen LogP contribution in [-0.2, 0) is 4.74 Å². The van der Waals surface area contributed by atoms with Gasteiger partial charge in [0.15, 0.2) is 6.29 Å². The Labute approximate surface area is 107 Å². The van der Waals surface area contributed by atoms with E-state index in [1.807, 2.05) is 13.8 Å². The lowest BCUT2D eigenvalue weighted by molar-refractivity contribution is -0.202. The average Bonchev–Trinajstić information content (AvgIpc) is 2.32. The summed E-state index contributed by atoms with van der Waals surface area (Å²) in [5.74, 6) is 0. The van der Waals surface area contributed by atoms with Gasteiger partial charge in [-0.05, 0) is 6.42 Å². The Hall–Kier alpha value is -0.280. The van der Waals surface area contributed by atoms with Crippen LogP contribution in [0.2, 0.25) is 0 Å². The maximum absolute atomic E-state index is 9.50. The van der Waals surface area contributed by atoms with Gasteiger partial charge in [-0.3, -0.25) is 0 Å². The molecule has 0 aliphatic rings. The van der Waals surface area contributed by atoms with Gasteiger partial charge in [0.05, 0.1) is 12.7 Å². The molecule has 0 aromatic carbocycles. The van der Waals surface area contributed by atoms with Crippen molar-refractivity contribution in [3.05, 3.63) is 0 Å². The highest BCUT2D eigenvalue weighted by molar-refractivity contribution is 4.77. The van der Waals surface area contributed by atoms with E-state index in [1.165, 1.54) is 0 Å². The highest BCUT2D eigenvalue weighted by Crippen LogP contribution is 2.08. The molecule has 18 heavy (non-hydrogen) atoms. The number of hydrogen-bond donors (Lipinski definition) is 6. The van der Waals surface area contributed by atoms with Crippen molar-refractivity contribution in [2.75, 3.05) is 19.8 Å². The van der Waals surface area contributed by atoms with Gasteiger partial charge in [0, 0.05) is 19.2 Å². The van der Waals surface area contributed by atoms with Crippen LogP contribution in [0.4, 0.5) is 0 Å². The Balaban J connectivity index is 3.90. The molecule has 0 saturated heterocycles. The second kappa shape index (κ2) is 9.62. The fraction of sp³-hybridized carbons (Fsp3) is 1.00. The summed E-state index contributed by atoms with van der Waals surface area (Å²) in [5.41, 5.74) is 0. The number of rotatable bonds is 10. The highest BCUT2D eigenvalue weighted by atomic mass is 16.6. The Morgan fingerprint density at radius 2 is 1.67 bits per heavy atom. The molecule has 0 saturated carbocycles. The quantitative estimate of drug-likeness (QED) is 0.196. The van der Waals surface area contributed by atoms with Crippen molar-refractivity contribution in [3.63, 3.8) is 0 Å². The van der Waals surface area contributed by atoms with Crippen LogP contribution >= 0.6 is 0 Å². The summed E-state index contributed by atoms with van der Waals surface area (Å²) >= 11 is 0. The topological polar surface area (TPSA) is 122 Å². The fourth-order valence-electron chi connectivity index (χ4n) is 1.33. The molecule has 0 aliphatic heterocycles. The first-order valence-corrected chi connectivity index (χ1v) is 6.08. The molecule has 110 valence electrons. The molecule has 0 fully saturated rings. The zero-order valence-corrected chi connectivity index (χ0v) is 10.9. The molecule has 0 amide bonds. The molecular formula is C11H25NO6. The predicted molar refractivity (Wildman–Crippen MR) is 64.8 cm³/mol. The van der Waals surface area contributed by atoms with Crippen LogP contribution < -0.4 is 5.32 Å². The monoisotopic (exact) mass is 267 g/mol. The van der Waals surface area contributed by atoms with Crippen LogP contribution in [0.3, 0.4) is 0 Å². The molecule has 2 unspecified atom stereocenters. The molecule has 0 heterocycles. The third-order valence-electron chi connectivity index (χ3n) is 2.40. The maximum atomic E-state index is 9.50. The predicted octanol–water partition coefficient (Wildman–Crippen LogP) is -2.22. The molecule has 7 nitrogen and oxygen atoms in total. The second-order valence-corrected chi connectivity index (χ2v) is 4.43. The third kappa shape index (κ3) is 7.22. The molecule has 0 rings (SSSR count). The number of hydrogen-bond acceptors (Lipinski definition) is 7. The van der Waals surface area contributed by atoms with Crippen LogP contribution in [0, 0.1) is 0 Å². The van der Waals surface area contributed by atoms with E-state index in [9.17, 15) is 20.4 Å². The Bertz CT molecular complexity index is 204. The van der Waals surface area contributed by atoms with Gasteiger partial charge in [0.25, 0.3) is 0 Å². The van der Waals surface area contributed by atoms with Gasteiger partial charge >= 0.3 is 0 Å². The van der Waals surface area contributed by atoms with Crippen molar-refractivity contribution in [3.8, 4) is 0 Å². The molecule has 0 aromatic rings. The van der Waals surface area contributed by atoms with Crippen molar-refractivity contribution >= 4 is 0 Å². The minimum Gasteiger partial charge on any atom is -0.396 e. The lowest BCUT2D eigenvalue weighted by atomic mass is 10.1. The highest BCUT2D eigenvalue weighted by Gasteiger charge is 2.30. The lowest BCUT2D eigenvalue weighted by Gasteiger charge is -2.26. The zero-order chi connectivity index (χ0) is 14.1. The van der Waals surface area contributed by atoms with Gasteiger partial charge in [0.2, 0.25) is 0 Å². The smallest absolute Gasteiger partial charge is 0.183 e. The van der Waals surface area contributed by atoms with Crippen LogP contribution in [0.15, 0.2) is 0 Å².